The number of rotatable bonds is 6. The fraction of sp³-hybridized carbons (Fsp3) is 0.400. The molecule has 1 saturated heterocycles. The summed E-state index contributed by atoms with van der Waals surface area (Å²) in [7, 11) is 0. The molecule has 7 heteroatoms. The van der Waals surface area contributed by atoms with E-state index in [9.17, 15) is 4.79 Å². The molecule has 0 radical (unpaired) electrons. The van der Waals surface area contributed by atoms with Gasteiger partial charge in [-0.2, -0.15) is 0 Å². The fourth-order valence-electron chi connectivity index (χ4n) is 4.74. The number of hydrogen-bond donors (Lipinski definition) is 0. The van der Waals surface area contributed by atoms with Crippen LogP contribution in [-0.4, -0.2) is 45.5 Å². The third kappa shape index (κ3) is 4.20. The molecule has 1 fully saturated rings. The number of aromatic nitrogens is 4. The second kappa shape index (κ2) is 9.02. The van der Waals surface area contributed by atoms with Gasteiger partial charge in [0.15, 0.2) is 0 Å². The maximum Gasteiger partial charge on any atom is 0.228 e. The van der Waals surface area contributed by atoms with Gasteiger partial charge in [0, 0.05) is 55.6 Å². The lowest BCUT2D eigenvalue weighted by Crippen LogP contribution is -2.38. The molecule has 0 spiro atoms. The van der Waals surface area contributed by atoms with E-state index in [-0.39, 0.29) is 11.8 Å². The van der Waals surface area contributed by atoms with Crippen LogP contribution in [0.4, 0.5) is 11.6 Å². The zero-order valence-corrected chi connectivity index (χ0v) is 18.4. The van der Waals surface area contributed by atoms with E-state index in [4.69, 9.17) is 9.97 Å². The topological polar surface area (TPSA) is 75.1 Å². The van der Waals surface area contributed by atoms with Crippen molar-refractivity contribution < 1.29 is 4.79 Å². The molecule has 164 valence electrons. The highest BCUT2D eigenvalue weighted by Crippen LogP contribution is 2.33. The molecule has 2 aliphatic heterocycles. The summed E-state index contributed by atoms with van der Waals surface area (Å²) in [6.45, 7) is 4.46. The first-order valence-electron chi connectivity index (χ1n) is 11.4. The second-order valence-electron chi connectivity index (χ2n) is 8.60. The predicted molar refractivity (Wildman–Crippen MR) is 124 cm³/mol. The first-order valence-corrected chi connectivity index (χ1v) is 11.4. The van der Waals surface area contributed by atoms with E-state index >= 15 is 0 Å². The molecule has 5 rings (SSSR count). The van der Waals surface area contributed by atoms with Gasteiger partial charge in [-0.25, -0.2) is 15.0 Å². The van der Waals surface area contributed by atoms with Crippen molar-refractivity contribution in [2.24, 2.45) is 0 Å². The van der Waals surface area contributed by atoms with Crippen molar-refractivity contribution >= 4 is 17.5 Å². The van der Waals surface area contributed by atoms with E-state index in [0.29, 0.717) is 13.0 Å². The van der Waals surface area contributed by atoms with Crippen molar-refractivity contribution in [3.05, 3.63) is 71.6 Å². The molecule has 1 aromatic carbocycles. The lowest BCUT2D eigenvalue weighted by Gasteiger charge is -2.30. The Morgan fingerprint density at radius 3 is 2.78 bits per heavy atom. The molecule has 1 unspecified atom stereocenters. The standard InChI is InChI=1S/C25H28N6O/c1-18-21-9-10-23(32)31(14-5-8-19-6-3-2-4-7-19)25(21)29-24(28-18)20-11-15-30(17-20)22-16-26-12-13-27-22/h2-4,6-7,12-13,16,20H,5,8-11,14-15,17H2,1H3. The lowest BCUT2D eigenvalue weighted by molar-refractivity contribution is -0.119. The fourth-order valence-corrected chi connectivity index (χ4v) is 4.74. The minimum atomic E-state index is 0.169. The molecule has 0 aliphatic carbocycles. The van der Waals surface area contributed by atoms with Crippen molar-refractivity contribution in [2.75, 3.05) is 29.4 Å². The Morgan fingerprint density at radius 1 is 1.09 bits per heavy atom. The van der Waals surface area contributed by atoms with Crippen LogP contribution in [0.15, 0.2) is 48.9 Å². The van der Waals surface area contributed by atoms with E-state index in [1.807, 2.05) is 11.0 Å². The van der Waals surface area contributed by atoms with Crippen LogP contribution in [0.3, 0.4) is 0 Å². The average molecular weight is 429 g/mol. The van der Waals surface area contributed by atoms with Crippen LogP contribution in [0.2, 0.25) is 0 Å². The summed E-state index contributed by atoms with van der Waals surface area (Å²) >= 11 is 0. The van der Waals surface area contributed by atoms with E-state index < -0.39 is 0 Å². The van der Waals surface area contributed by atoms with E-state index in [1.54, 1.807) is 18.6 Å². The molecule has 0 bridgehead atoms. The highest BCUT2D eigenvalue weighted by Gasteiger charge is 2.32. The molecule has 32 heavy (non-hydrogen) atoms. The van der Waals surface area contributed by atoms with Crippen LogP contribution in [0.5, 0.6) is 0 Å². The number of aryl methyl sites for hydroxylation is 2. The normalized spacial score (nSPS) is 18.2. The van der Waals surface area contributed by atoms with E-state index in [2.05, 4.69) is 46.1 Å². The summed E-state index contributed by atoms with van der Waals surface area (Å²) in [4.78, 5) is 35.4. The zero-order valence-electron chi connectivity index (χ0n) is 18.4. The zero-order chi connectivity index (χ0) is 21.9. The first-order chi connectivity index (χ1) is 15.7. The minimum Gasteiger partial charge on any atom is -0.355 e. The van der Waals surface area contributed by atoms with Crippen LogP contribution in [-0.2, 0) is 17.6 Å². The van der Waals surface area contributed by atoms with Crippen LogP contribution in [0, 0.1) is 6.92 Å². The number of fused-ring (bicyclic) bond motifs is 1. The Balaban J connectivity index is 1.34. The molecule has 1 amide bonds. The molecule has 4 heterocycles. The van der Waals surface area contributed by atoms with Crippen molar-refractivity contribution in [3.63, 3.8) is 0 Å². The third-order valence-corrected chi connectivity index (χ3v) is 6.47. The van der Waals surface area contributed by atoms with Gasteiger partial charge in [-0.1, -0.05) is 30.3 Å². The predicted octanol–water partition coefficient (Wildman–Crippen LogP) is 3.48. The summed E-state index contributed by atoms with van der Waals surface area (Å²) in [6.07, 6.45) is 9.31. The molecule has 0 saturated carbocycles. The van der Waals surface area contributed by atoms with Gasteiger partial charge in [-0.3, -0.25) is 14.7 Å². The quantitative estimate of drug-likeness (QED) is 0.598. The summed E-state index contributed by atoms with van der Waals surface area (Å²) in [6, 6.07) is 10.4. The van der Waals surface area contributed by atoms with Crippen LogP contribution in [0.1, 0.15) is 47.8 Å². The van der Waals surface area contributed by atoms with Gasteiger partial charge in [0.1, 0.15) is 17.5 Å². The summed E-state index contributed by atoms with van der Waals surface area (Å²) < 4.78 is 0. The number of carbonyl (C=O) groups excluding carboxylic acids is 1. The molecular formula is C25H28N6O. The number of amides is 1. The van der Waals surface area contributed by atoms with Crippen molar-refractivity contribution in [1.82, 2.24) is 19.9 Å². The van der Waals surface area contributed by atoms with Gasteiger partial charge in [-0.05, 0) is 38.2 Å². The van der Waals surface area contributed by atoms with Crippen LogP contribution < -0.4 is 9.80 Å². The summed E-state index contributed by atoms with van der Waals surface area (Å²) in [5.74, 6) is 2.96. The molecular weight excluding hydrogens is 400 g/mol. The van der Waals surface area contributed by atoms with Crippen LogP contribution in [0.25, 0.3) is 0 Å². The maximum absolute atomic E-state index is 12.8. The van der Waals surface area contributed by atoms with Gasteiger partial charge in [0.05, 0.1) is 6.20 Å². The smallest absolute Gasteiger partial charge is 0.228 e. The Kier molecular flexibility index (Phi) is 5.79. The molecule has 0 N–H and O–H groups in total. The molecule has 2 aromatic heterocycles. The summed E-state index contributed by atoms with van der Waals surface area (Å²) in [5.41, 5.74) is 3.42. The monoisotopic (exact) mass is 428 g/mol. The first kappa shape index (κ1) is 20.5. The number of benzene rings is 1. The Morgan fingerprint density at radius 2 is 1.97 bits per heavy atom. The number of nitrogens with zero attached hydrogens (tertiary/aromatic N) is 6. The number of hydrogen-bond acceptors (Lipinski definition) is 6. The average Bonchev–Trinajstić information content (AvgIpc) is 3.32. The second-order valence-corrected chi connectivity index (χ2v) is 8.60. The molecule has 2 aliphatic rings. The minimum absolute atomic E-state index is 0.169. The Bertz CT molecular complexity index is 1090. The molecule has 3 aromatic rings. The highest BCUT2D eigenvalue weighted by atomic mass is 16.2. The lowest BCUT2D eigenvalue weighted by atomic mass is 10.0. The van der Waals surface area contributed by atoms with Crippen molar-refractivity contribution in [2.45, 2.75) is 44.9 Å². The van der Waals surface area contributed by atoms with Gasteiger partial charge < -0.3 is 4.90 Å². The van der Waals surface area contributed by atoms with E-state index in [1.165, 1.54) is 5.56 Å². The maximum atomic E-state index is 12.8. The third-order valence-electron chi connectivity index (χ3n) is 6.47. The van der Waals surface area contributed by atoms with Gasteiger partial charge in [0.25, 0.3) is 0 Å². The Hall–Kier alpha value is -3.35. The van der Waals surface area contributed by atoms with Gasteiger partial charge >= 0.3 is 0 Å². The van der Waals surface area contributed by atoms with Gasteiger partial charge in [0.2, 0.25) is 5.91 Å². The number of anilines is 2. The molecule has 1 atom stereocenters. The van der Waals surface area contributed by atoms with Gasteiger partial charge in [-0.15, -0.1) is 0 Å². The Labute approximate surface area is 188 Å². The van der Waals surface area contributed by atoms with E-state index in [0.717, 1.165) is 67.5 Å². The SMILES string of the molecule is Cc1nc(C2CCN(c3cnccn3)C2)nc2c1CCC(=O)N2CCCc1ccccc1. The largest absolute Gasteiger partial charge is 0.355 e. The number of carbonyl (C=O) groups is 1. The van der Waals surface area contributed by atoms with Crippen molar-refractivity contribution in [3.8, 4) is 0 Å². The summed E-state index contributed by atoms with van der Waals surface area (Å²) in [5, 5.41) is 0. The van der Waals surface area contributed by atoms with Crippen LogP contribution >= 0.6 is 0 Å². The highest BCUT2D eigenvalue weighted by molar-refractivity contribution is 5.95. The molecule has 7 nitrogen and oxygen atoms in total. The van der Waals surface area contributed by atoms with Crippen molar-refractivity contribution in [1.29, 1.82) is 0 Å².